The topological polar surface area (TPSA) is 66.6 Å². The van der Waals surface area contributed by atoms with Gasteiger partial charge in [0.25, 0.3) is 0 Å². The highest BCUT2D eigenvalue weighted by molar-refractivity contribution is 5.81. The third-order valence-electron chi connectivity index (χ3n) is 4.93. The lowest BCUT2D eigenvalue weighted by Crippen LogP contribution is -2.54. The number of piperazine rings is 1. The SMILES string of the molecule is NC1CCC(C(=O)N2CCN3C(=O)CCC3C2)CC1. The molecule has 1 unspecified atom stereocenters. The van der Waals surface area contributed by atoms with Crippen LogP contribution in [-0.2, 0) is 9.59 Å². The standard InChI is InChI=1S/C14H23N3O2/c15-11-3-1-10(2-4-11)14(19)16-7-8-17-12(9-16)5-6-13(17)18/h10-12H,1-9,15H2. The molecule has 0 radical (unpaired) electrons. The minimum atomic E-state index is 0.170. The Morgan fingerprint density at radius 2 is 1.84 bits per heavy atom. The molecule has 5 nitrogen and oxygen atoms in total. The van der Waals surface area contributed by atoms with E-state index in [1.807, 2.05) is 9.80 Å². The normalized spacial score (nSPS) is 35.4. The van der Waals surface area contributed by atoms with Gasteiger partial charge in [-0.25, -0.2) is 0 Å². The van der Waals surface area contributed by atoms with Gasteiger partial charge in [-0.15, -0.1) is 0 Å². The summed E-state index contributed by atoms with van der Waals surface area (Å²) in [7, 11) is 0. The number of hydrogen-bond donors (Lipinski definition) is 1. The molecule has 3 aliphatic rings. The van der Waals surface area contributed by atoms with Crippen LogP contribution in [0.5, 0.6) is 0 Å². The van der Waals surface area contributed by atoms with Crippen LogP contribution in [0.25, 0.3) is 0 Å². The summed E-state index contributed by atoms with van der Waals surface area (Å²) in [5.74, 6) is 0.732. The van der Waals surface area contributed by atoms with Crippen LogP contribution in [0.2, 0.25) is 0 Å². The molecule has 0 spiro atoms. The molecule has 2 amide bonds. The number of carbonyl (C=O) groups is 2. The van der Waals surface area contributed by atoms with Crippen molar-refractivity contribution >= 4 is 11.8 Å². The quantitative estimate of drug-likeness (QED) is 0.743. The van der Waals surface area contributed by atoms with Crippen molar-refractivity contribution in [2.75, 3.05) is 19.6 Å². The van der Waals surface area contributed by atoms with E-state index in [0.29, 0.717) is 18.9 Å². The third kappa shape index (κ3) is 2.48. The maximum absolute atomic E-state index is 12.5. The minimum absolute atomic E-state index is 0.170. The van der Waals surface area contributed by atoms with Gasteiger partial charge in [0.2, 0.25) is 11.8 Å². The first kappa shape index (κ1) is 12.9. The van der Waals surface area contributed by atoms with Gasteiger partial charge in [0.1, 0.15) is 0 Å². The van der Waals surface area contributed by atoms with Crippen LogP contribution in [0, 0.1) is 5.92 Å². The molecular weight excluding hydrogens is 242 g/mol. The Morgan fingerprint density at radius 3 is 2.58 bits per heavy atom. The number of amides is 2. The van der Waals surface area contributed by atoms with Gasteiger partial charge in [-0.05, 0) is 32.1 Å². The van der Waals surface area contributed by atoms with E-state index >= 15 is 0 Å². The summed E-state index contributed by atoms with van der Waals surface area (Å²) in [6.45, 7) is 2.18. The van der Waals surface area contributed by atoms with Crippen molar-refractivity contribution in [3.8, 4) is 0 Å². The fraction of sp³-hybridized carbons (Fsp3) is 0.857. The van der Waals surface area contributed by atoms with E-state index in [4.69, 9.17) is 5.73 Å². The van der Waals surface area contributed by atoms with E-state index in [1.165, 1.54) is 0 Å². The van der Waals surface area contributed by atoms with Crippen molar-refractivity contribution in [1.82, 2.24) is 9.80 Å². The molecule has 0 bridgehead atoms. The zero-order valence-electron chi connectivity index (χ0n) is 11.4. The Balaban J connectivity index is 1.58. The van der Waals surface area contributed by atoms with Crippen molar-refractivity contribution in [1.29, 1.82) is 0 Å². The van der Waals surface area contributed by atoms with E-state index in [-0.39, 0.29) is 23.9 Å². The summed E-state index contributed by atoms with van der Waals surface area (Å²) < 4.78 is 0. The highest BCUT2D eigenvalue weighted by Crippen LogP contribution is 2.28. The largest absolute Gasteiger partial charge is 0.339 e. The molecule has 19 heavy (non-hydrogen) atoms. The Bertz CT molecular complexity index is 377. The Kier molecular flexibility index (Phi) is 3.48. The van der Waals surface area contributed by atoms with Gasteiger partial charge in [0.15, 0.2) is 0 Å². The van der Waals surface area contributed by atoms with E-state index in [9.17, 15) is 9.59 Å². The summed E-state index contributed by atoms with van der Waals surface area (Å²) >= 11 is 0. The number of nitrogens with zero attached hydrogens (tertiary/aromatic N) is 2. The first-order chi connectivity index (χ1) is 9.15. The second kappa shape index (κ2) is 5.12. The van der Waals surface area contributed by atoms with Crippen LogP contribution >= 0.6 is 0 Å². The first-order valence-corrected chi connectivity index (χ1v) is 7.49. The number of nitrogens with two attached hydrogens (primary N) is 1. The second-order valence-corrected chi connectivity index (χ2v) is 6.18. The lowest BCUT2D eigenvalue weighted by Gasteiger charge is -2.39. The average molecular weight is 265 g/mol. The molecule has 106 valence electrons. The Labute approximate surface area is 114 Å². The third-order valence-corrected chi connectivity index (χ3v) is 4.93. The van der Waals surface area contributed by atoms with Crippen molar-refractivity contribution in [2.24, 2.45) is 11.7 Å². The van der Waals surface area contributed by atoms with Gasteiger partial charge >= 0.3 is 0 Å². The van der Waals surface area contributed by atoms with Crippen LogP contribution in [-0.4, -0.2) is 53.3 Å². The maximum atomic E-state index is 12.5. The Hall–Kier alpha value is -1.10. The van der Waals surface area contributed by atoms with E-state index < -0.39 is 0 Å². The lowest BCUT2D eigenvalue weighted by atomic mass is 9.85. The molecule has 0 aromatic carbocycles. The van der Waals surface area contributed by atoms with Gasteiger partial charge in [-0.1, -0.05) is 0 Å². The molecule has 2 N–H and O–H groups in total. The summed E-state index contributed by atoms with van der Waals surface area (Å²) in [6, 6.07) is 0.560. The van der Waals surface area contributed by atoms with Gasteiger partial charge < -0.3 is 15.5 Å². The maximum Gasteiger partial charge on any atom is 0.225 e. The summed E-state index contributed by atoms with van der Waals surface area (Å²) in [5, 5.41) is 0. The molecule has 3 rings (SSSR count). The van der Waals surface area contributed by atoms with Crippen molar-refractivity contribution in [3.05, 3.63) is 0 Å². The predicted octanol–water partition coefficient (Wildman–Crippen LogP) is 0.337. The number of carbonyl (C=O) groups excluding carboxylic acids is 2. The van der Waals surface area contributed by atoms with Gasteiger partial charge in [0, 0.05) is 44.1 Å². The van der Waals surface area contributed by atoms with Gasteiger partial charge in [-0.3, -0.25) is 9.59 Å². The number of hydrogen-bond acceptors (Lipinski definition) is 3. The summed E-state index contributed by atoms with van der Waals surface area (Å²) in [5.41, 5.74) is 5.89. The van der Waals surface area contributed by atoms with Crippen LogP contribution < -0.4 is 5.73 Å². The summed E-state index contributed by atoms with van der Waals surface area (Å²) in [4.78, 5) is 28.1. The van der Waals surface area contributed by atoms with Crippen LogP contribution in [0.3, 0.4) is 0 Å². The zero-order chi connectivity index (χ0) is 13.4. The van der Waals surface area contributed by atoms with Crippen LogP contribution in [0.4, 0.5) is 0 Å². The molecule has 1 saturated carbocycles. The number of rotatable bonds is 1. The van der Waals surface area contributed by atoms with Crippen molar-refractivity contribution in [3.63, 3.8) is 0 Å². The zero-order valence-corrected chi connectivity index (χ0v) is 11.4. The monoisotopic (exact) mass is 265 g/mol. The summed E-state index contributed by atoms with van der Waals surface area (Å²) in [6.07, 6.45) is 5.38. The van der Waals surface area contributed by atoms with E-state index in [2.05, 4.69) is 0 Å². The molecule has 3 fully saturated rings. The smallest absolute Gasteiger partial charge is 0.225 e. The molecule has 0 aromatic heterocycles. The van der Waals surface area contributed by atoms with E-state index in [0.717, 1.165) is 45.2 Å². The second-order valence-electron chi connectivity index (χ2n) is 6.18. The van der Waals surface area contributed by atoms with Gasteiger partial charge in [0.05, 0.1) is 0 Å². The molecular formula is C14H23N3O2. The van der Waals surface area contributed by atoms with Crippen molar-refractivity contribution < 1.29 is 9.59 Å². The minimum Gasteiger partial charge on any atom is -0.339 e. The lowest BCUT2D eigenvalue weighted by molar-refractivity contribution is -0.142. The fourth-order valence-corrected chi connectivity index (χ4v) is 3.69. The highest BCUT2D eigenvalue weighted by atomic mass is 16.2. The molecule has 2 aliphatic heterocycles. The molecule has 2 heterocycles. The van der Waals surface area contributed by atoms with Crippen molar-refractivity contribution in [2.45, 2.75) is 50.6 Å². The van der Waals surface area contributed by atoms with Crippen LogP contribution in [0.1, 0.15) is 38.5 Å². The fourth-order valence-electron chi connectivity index (χ4n) is 3.69. The average Bonchev–Trinajstić information content (AvgIpc) is 2.80. The molecule has 0 aromatic rings. The molecule has 1 atom stereocenters. The highest BCUT2D eigenvalue weighted by Gasteiger charge is 2.38. The Morgan fingerprint density at radius 1 is 1.11 bits per heavy atom. The van der Waals surface area contributed by atoms with Gasteiger partial charge in [-0.2, -0.15) is 0 Å². The molecule has 1 aliphatic carbocycles. The predicted molar refractivity (Wildman–Crippen MR) is 71.2 cm³/mol. The number of fused-ring (bicyclic) bond motifs is 1. The molecule has 2 saturated heterocycles. The first-order valence-electron chi connectivity index (χ1n) is 7.49. The van der Waals surface area contributed by atoms with Crippen LogP contribution in [0.15, 0.2) is 0 Å². The van der Waals surface area contributed by atoms with E-state index in [1.54, 1.807) is 0 Å². The molecule has 5 heteroatoms.